The van der Waals surface area contributed by atoms with E-state index in [0.717, 1.165) is 0 Å². The molecule has 1 rings (SSSR count). The average molecular weight is 211 g/mol. The van der Waals surface area contributed by atoms with Crippen molar-refractivity contribution in [3.63, 3.8) is 0 Å². The number of rotatable bonds is 3. The summed E-state index contributed by atoms with van der Waals surface area (Å²) in [4.78, 5) is 0.378. The molecular weight excluding hydrogens is 196 g/mol. The zero-order valence-corrected chi connectivity index (χ0v) is 9.56. The van der Waals surface area contributed by atoms with Gasteiger partial charge in [-0.05, 0) is 38.5 Å². The minimum absolute atomic E-state index is 0.378. The lowest BCUT2D eigenvalue weighted by molar-refractivity contribution is 0.538. The van der Waals surface area contributed by atoms with Gasteiger partial charge in [0.1, 0.15) is 0 Å². The second-order valence-electron chi connectivity index (χ2n) is 3.85. The van der Waals surface area contributed by atoms with E-state index in [4.69, 9.17) is 0 Å². The van der Waals surface area contributed by atoms with Gasteiger partial charge in [-0.1, -0.05) is 19.1 Å². The second kappa shape index (κ2) is 3.73. The van der Waals surface area contributed by atoms with Gasteiger partial charge in [0.25, 0.3) is 0 Å². The summed E-state index contributed by atoms with van der Waals surface area (Å²) >= 11 is 0. The molecule has 0 unspecified atom stereocenters. The summed E-state index contributed by atoms with van der Waals surface area (Å²) in [5.74, 6) is 0. The molecule has 0 saturated heterocycles. The Kier molecular flexibility index (Phi) is 3.00. The maximum absolute atomic E-state index is 12.1. The van der Waals surface area contributed by atoms with Gasteiger partial charge in [-0.2, -0.15) is 0 Å². The van der Waals surface area contributed by atoms with Crippen molar-refractivity contribution < 1.29 is 8.42 Å². The molecule has 0 amide bonds. The number of hydrogen-bond donors (Lipinski definition) is 0. The lowest BCUT2D eigenvalue weighted by atomic mass is 10.1. The van der Waals surface area contributed by atoms with Crippen LogP contribution in [0.15, 0.2) is 29.2 Å². The number of benzene rings is 1. The molecule has 0 bridgehead atoms. The molecule has 3 heteroatoms. The first-order valence-electron chi connectivity index (χ1n) is 4.62. The van der Waals surface area contributed by atoms with Gasteiger partial charge >= 0.3 is 0 Å². The van der Waals surface area contributed by atoms with Crippen LogP contribution in [0.1, 0.15) is 27.2 Å². The molecule has 0 atom stereocenters. The van der Waals surface area contributed by atoms with Crippen molar-refractivity contribution in [2.24, 2.45) is 0 Å². The van der Waals surface area contributed by atoms with Crippen LogP contribution in [-0.4, -0.2) is 13.2 Å². The van der Waals surface area contributed by atoms with Gasteiger partial charge in [0, 0.05) is 0 Å². The molecule has 0 heterocycles. The van der Waals surface area contributed by atoms with Crippen LogP contribution < -0.4 is 0 Å². The quantitative estimate of drug-likeness (QED) is 0.769. The third-order valence-corrected chi connectivity index (χ3v) is 5.21. The smallest absolute Gasteiger partial charge is 0.183 e. The molecule has 0 fully saturated rings. The summed E-state index contributed by atoms with van der Waals surface area (Å²) in [6, 6.07) is 9.24. The SMILES string of the molecule is CCC(C)(C)S(=O)(=O)c1cc[c]cc1. The molecule has 1 radical (unpaired) electrons. The molecule has 0 saturated carbocycles. The second-order valence-corrected chi connectivity index (χ2v) is 6.44. The van der Waals surface area contributed by atoms with Crippen LogP contribution in [-0.2, 0) is 9.84 Å². The van der Waals surface area contributed by atoms with Crippen LogP contribution in [0.3, 0.4) is 0 Å². The summed E-state index contributed by atoms with van der Waals surface area (Å²) in [6.07, 6.45) is 0.605. The van der Waals surface area contributed by atoms with E-state index in [-0.39, 0.29) is 0 Å². The van der Waals surface area contributed by atoms with Crippen LogP contribution in [0.25, 0.3) is 0 Å². The predicted molar refractivity (Wildman–Crippen MR) is 56.8 cm³/mol. The Bertz CT molecular complexity index is 391. The lowest BCUT2D eigenvalue weighted by Gasteiger charge is -2.22. The topological polar surface area (TPSA) is 34.1 Å². The van der Waals surface area contributed by atoms with E-state index in [1.165, 1.54) is 0 Å². The standard InChI is InChI=1S/C11H15O2S/c1-4-11(2,3)14(12,13)10-8-6-5-7-9-10/h6-9H,4H2,1-3H3. The molecule has 0 aliphatic carbocycles. The first kappa shape index (κ1) is 11.2. The van der Waals surface area contributed by atoms with E-state index < -0.39 is 14.6 Å². The Balaban J connectivity index is 3.23. The van der Waals surface area contributed by atoms with E-state index in [1.54, 1.807) is 38.1 Å². The van der Waals surface area contributed by atoms with Gasteiger partial charge in [0.2, 0.25) is 0 Å². The Labute approximate surface area is 85.9 Å². The number of hydrogen-bond acceptors (Lipinski definition) is 2. The first-order chi connectivity index (χ1) is 6.42. The Morgan fingerprint density at radius 2 is 1.79 bits per heavy atom. The Morgan fingerprint density at radius 1 is 1.29 bits per heavy atom. The third kappa shape index (κ3) is 1.82. The molecule has 0 aliphatic rings. The monoisotopic (exact) mass is 211 g/mol. The molecule has 77 valence electrons. The van der Waals surface area contributed by atoms with Crippen molar-refractivity contribution in [3.05, 3.63) is 30.3 Å². The maximum atomic E-state index is 12.1. The molecule has 0 spiro atoms. The summed E-state index contributed by atoms with van der Waals surface area (Å²) in [7, 11) is -3.21. The summed E-state index contributed by atoms with van der Waals surface area (Å²) in [6.45, 7) is 5.38. The Hall–Kier alpha value is -0.830. The van der Waals surface area contributed by atoms with Crippen LogP contribution in [0.4, 0.5) is 0 Å². The van der Waals surface area contributed by atoms with Gasteiger partial charge in [0.15, 0.2) is 9.84 Å². The fraction of sp³-hybridized carbons (Fsp3) is 0.455. The highest BCUT2D eigenvalue weighted by Crippen LogP contribution is 2.27. The average Bonchev–Trinajstić information content (AvgIpc) is 2.19. The zero-order valence-electron chi connectivity index (χ0n) is 8.74. The van der Waals surface area contributed by atoms with Gasteiger partial charge < -0.3 is 0 Å². The number of sulfone groups is 1. The van der Waals surface area contributed by atoms with E-state index in [9.17, 15) is 8.42 Å². The summed E-state index contributed by atoms with van der Waals surface area (Å²) in [5.41, 5.74) is 0. The summed E-state index contributed by atoms with van der Waals surface area (Å²) in [5, 5.41) is 0. The lowest BCUT2D eigenvalue weighted by Crippen LogP contribution is -2.30. The van der Waals surface area contributed by atoms with E-state index in [1.807, 2.05) is 6.92 Å². The third-order valence-electron chi connectivity index (χ3n) is 2.58. The predicted octanol–water partition coefficient (Wildman–Crippen LogP) is 2.45. The van der Waals surface area contributed by atoms with E-state index in [2.05, 4.69) is 6.07 Å². The molecule has 0 aliphatic heterocycles. The highest BCUT2D eigenvalue weighted by atomic mass is 32.2. The van der Waals surface area contributed by atoms with Crippen molar-refractivity contribution >= 4 is 9.84 Å². The van der Waals surface area contributed by atoms with Gasteiger partial charge in [-0.25, -0.2) is 8.42 Å². The van der Waals surface area contributed by atoms with Crippen LogP contribution in [0.2, 0.25) is 0 Å². The highest BCUT2D eigenvalue weighted by molar-refractivity contribution is 7.92. The molecule has 14 heavy (non-hydrogen) atoms. The van der Waals surface area contributed by atoms with Crippen molar-refractivity contribution in [1.82, 2.24) is 0 Å². The first-order valence-corrected chi connectivity index (χ1v) is 6.11. The van der Waals surface area contributed by atoms with Crippen molar-refractivity contribution in [1.29, 1.82) is 0 Å². The molecule has 1 aromatic rings. The molecule has 0 aromatic heterocycles. The van der Waals surface area contributed by atoms with Crippen molar-refractivity contribution in [2.45, 2.75) is 36.8 Å². The maximum Gasteiger partial charge on any atom is 0.183 e. The minimum Gasteiger partial charge on any atom is -0.223 e. The van der Waals surface area contributed by atoms with Gasteiger partial charge in [0.05, 0.1) is 9.64 Å². The van der Waals surface area contributed by atoms with Crippen molar-refractivity contribution in [3.8, 4) is 0 Å². The van der Waals surface area contributed by atoms with Gasteiger partial charge in [-0.15, -0.1) is 0 Å². The molecule has 0 N–H and O–H groups in total. The molecule has 1 aromatic carbocycles. The highest BCUT2D eigenvalue weighted by Gasteiger charge is 2.33. The fourth-order valence-corrected chi connectivity index (χ4v) is 2.57. The summed E-state index contributed by atoms with van der Waals surface area (Å²) < 4.78 is 23.4. The van der Waals surface area contributed by atoms with E-state index in [0.29, 0.717) is 11.3 Å². The molecule has 2 nitrogen and oxygen atoms in total. The van der Waals surface area contributed by atoms with Crippen LogP contribution in [0.5, 0.6) is 0 Å². The van der Waals surface area contributed by atoms with E-state index >= 15 is 0 Å². The Morgan fingerprint density at radius 3 is 2.21 bits per heavy atom. The zero-order chi connectivity index (χ0) is 10.8. The van der Waals surface area contributed by atoms with Crippen molar-refractivity contribution in [2.75, 3.05) is 0 Å². The van der Waals surface area contributed by atoms with Gasteiger partial charge in [-0.3, -0.25) is 0 Å². The molecular formula is C11H15O2S. The largest absolute Gasteiger partial charge is 0.223 e. The minimum atomic E-state index is -3.21. The normalized spacial score (nSPS) is 12.8. The fourth-order valence-electron chi connectivity index (χ4n) is 1.06. The van der Waals surface area contributed by atoms with Crippen LogP contribution in [0, 0.1) is 6.07 Å². The van der Waals surface area contributed by atoms with Crippen LogP contribution >= 0.6 is 0 Å².